The third-order valence-corrected chi connectivity index (χ3v) is 9.27. The molecule has 0 fully saturated rings. The van der Waals surface area contributed by atoms with Gasteiger partial charge in [0.1, 0.15) is 5.82 Å². The summed E-state index contributed by atoms with van der Waals surface area (Å²) < 4.78 is 15.1. The van der Waals surface area contributed by atoms with Crippen molar-refractivity contribution < 1.29 is 26.8 Å². The number of nitrogens with zero attached hydrogens (tertiary/aromatic N) is 1. The Kier molecular flexibility index (Phi) is 16.2. The maximum absolute atomic E-state index is 15.1. The molecule has 3 aromatic rings. The van der Waals surface area contributed by atoms with E-state index in [2.05, 4.69) is 50.1 Å². The number of aliphatic imine (C=N–C) groups is 1. The van der Waals surface area contributed by atoms with Crippen molar-refractivity contribution in [2.24, 2.45) is 4.99 Å². The molecular formula is C33H37BFNPS2Ta-. The molecule has 0 N–H and O–H groups in total. The minimum absolute atomic E-state index is 0. The zero-order valence-electron chi connectivity index (χ0n) is 23.9. The molecule has 207 valence electrons. The predicted octanol–water partition coefficient (Wildman–Crippen LogP) is 9.30. The first kappa shape index (κ1) is 36.3. The summed E-state index contributed by atoms with van der Waals surface area (Å²) in [7, 11) is -0.875. The van der Waals surface area contributed by atoms with E-state index in [0.717, 1.165) is 51.5 Å². The van der Waals surface area contributed by atoms with Crippen LogP contribution in [-0.2, 0) is 34.6 Å². The molecule has 0 saturated heterocycles. The molecule has 7 heteroatoms. The molecule has 2 atom stereocenters. The van der Waals surface area contributed by atoms with Crippen molar-refractivity contribution >= 4 is 67.2 Å². The van der Waals surface area contributed by atoms with E-state index >= 15 is 4.39 Å². The van der Waals surface area contributed by atoms with Crippen LogP contribution in [0.25, 0.3) is 10.8 Å². The second kappa shape index (κ2) is 17.9. The van der Waals surface area contributed by atoms with Crippen LogP contribution in [0.1, 0.15) is 45.2 Å². The van der Waals surface area contributed by atoms with Crippen molar-refractivity contribution in [3.05, 3.63) is 108 Å². The third-order valence-electron chi connectivity index (χ3n) is 6.53. The van der Waals surface area contributed by atoms with Crippen molar-refractivity contribution in [1.82, 2.24) is 0 Å². The van der Waals surface area contributed by atoms with Gasteiger partial charge in [0.05, 0.1) is 17.0 Å². The maximum atomic E-state index is 15.1. The molecule has 0 bridgehead atoms. The molecule has 2 unspecified atom stereocenters. The zero-order chi connectivity index (χ0) is 27.7. The van der Waals surface area contributed by atoms with Gasteiger partial charge in [0.2, 0.25) is 0 Å². The van der Waals surface area contributed by atoms with E-state index in [-0.39, 0.29) is 48.4 Å². The van der Waals surface area contributed by atoms with Crippen molar-refractivity contribution in [2.75, 3.05) is 0 Å². The minimum Gasteiger partial charge on any atom is -0.745 e. The first-order valence-corrected chi connectivity index (χ1v) is 15.7. The number of halogens is 1. The van der Waals surface area contributed by atoms with E-state index in [1.54, 1.807) is 6.08 Å². The van der Waals surface area contributed by atoms with E-state index in [1.807, 2.05) is 69.3 Å². The SMILES string of the molecule is C=C/C=C(\C=C/C)C(=Nc1cc2c3c(c(F)ccc3c1)C#CP([S-])C(C)CCB2C)c1ccccc1.CC.S.[Ta]. The molecular weight excluding hydrogens is 716 g/mol. The molecule has 40 heavy (non-hydrogen) atoms. The van der Waals surface area contributed by atoms with Crippen LogP contribution in [0.2, 0.25) is 13.1 Å². The Morgan fingerprint density at radius 2 is 1.88 bits per heavy atom. The third kappa shape index (κ3) is 8.87. The van der Waals surface area contributed by atoms with Crippen LogP contribution in [0, 0.1) is 17.4 Å². The van der Waals surface area contributed by atoms with Gasteiger partial charge in [0.15, 0.2) is 6.71 Å². The minimum atomic E-state index is -0.875. The van der Waals surface area contributed by atoms with Gasteiger partial charge >= 0.3 is 0 Å². The van der Waals surface area contributed by atoms with Crippen LogP contribution in [-0.4, -0.2) is 18.1 Å². The fourth-order valence-corrected chi connectivity index (χ4v) is 5.84. The van der Waals surface area contributed by atoms with Gasteiger partial charge in [0.25, 0.3) is 0 Å². The maximum Gasteiger partial charge on any atom is 0.173 e. The molecule has 0 amide bonds. The van der Waals surface area contributed by atoms with E-state index in [9.17, 15) is 0 Å². The number of hydrogen-bond donors (Lipinski definition) is 0. The fraction of sp³-hybridized carbons (Fsp3) is 0.242. The van der Waals surface area contributed by atoms with Gasteiger partial charge in [-0.15, -0.1) is 0 Å². The average Bonchev–Trinajstić information content (AvgIpc) is 2.94. The monoisotopic (exact) mass is 753 g/mol. The molecule has 1 radical (unpaired) electrons. The smallest absolute Gasteiger partial charge is 0.173 e. The van der Waals surface area contributed by atoms with Crippen molar-refractivity contribution in [3.63, 3.8) is 0 Å². The number of benzene rings is 3. The summed E-state index contributed by atoms with van der Waals surface area (Å²) in [6.07, 6.45) is 9.78. The van der Waals surface area contributed by atoms with Crippen LogP contribution in [0.4, 0.5) is 10.1 Å². The molecule has 3 aromatic carbocycles. The number of hydrogen-bond acceptors (Lipinski definition) is 2. The van der Waals surface area contributed by atoms with Gasteiger partial charge in [0, 0.05) is 33.5 Å². The van der Waals surface area contributed by atoms with Crippen molar-refractivity contribution in [2.45, 2.75) is 52.9 Å². The second-order valence-electron chi connectivity index (χ2n) is 9.13. The number of allylic oxidation sites excluding steroid dienone is 5. The second-order valence-corrected chi connectivity index (χ2v) is 12.1. The van der Waals surface area contributed by atoms with Gasteiger partial charge in [-0.25, -0.2) is 9.38 Å². The predicted molar refractivity (Wildman–Crippen MR) is 183 cm³/mol. The molecule has 1 heterocycles. The van der Waals surface area contributed by atoms with E-state index < -0.39 is 7.12 Å². The molecule has 0 aliphatic carbocycles. The van der Waals surface area contributed by atoms with Crippen LogP contribution in [0.3, 0.4) is 0 Å². The summed E-state index contributed by atoms with van der Waals surface area (Å²) in [4.78, 5) is 5.16. The average molecular weight is 754 g/mol. The van der Waals surface area contributed by atoms with Crippen molar-refractivity contribution in [1.29, 1.82) is 0 Å². The normalized spacial score (nSPS) is 17.0. The molecule has 0 saturated carbocycles. The molecule has 1 nitrogen and oxygen atoms in total. The topological polar surface area (TPSA) is 12.4 Å². The van der Waals surface area contributed by atoms with Crippen LogP contribution in [0.5, 0.6) is 0 Å². The Balaban J connectivity index is 0.00000196. The summed E-state index contributed by atoms with van der Waals surface area (Å²) in [5, 5.41) is 1.83. The Labute approximate surface area is 269 Å². The molecule has 1 aliphatic heterocycles. The summed E-state index contributed by atoms with van der Waals surface area (Å²) in [5.74, 6) is 2.85. The summed E-state index contributed by atoms with van der Waals surface area (Å²) >= 11 is 5.67. The van der Waals surface area contributed by atoms with E-state index in [4.69, 9.17) is 17.2 Å². The fourth-order valence-electron chi connectivity index (χ4n) is 4.56. The summed E-state index contributed by atoms with van der Waals surface area (Å²) in [6, 6.07) is 17.7. The van der Waals surface area contributed by atoms with E-state index in [0.29, 0.717) is 11.2 Å². The van der Waals surface area contributed by atoms with Crippen LogP contribution < -0.4 is 5.46 Å². The quantitative estimate of drug-likeness (QED) is 0.0633. The Morgan fingerprint density at radius 3 is 2.52 bits per heavy atom. The molecule has 4 rings (SSSR count). The van der Waals surface area contributed by atoms with Gasteiger partial charge in [-0.05, 0) is 41.6 Å². The van der Waals surface area contributed by atoms with E-state index in [1.165, 1.54) is 6.07 Å². The van der Waals surface area contributed by atoms with Gasteiger partial charge in [-0.3, -0.25) is 0 Å². The molecule has 1 aliphatic rings. The standard InChI is InChI=1S/C31H29BFNPS.C2H6.H2S.Ta/c1-5-10-23(11-6-2)31(24-12-8-7-9-13-24)34-26-20-25-14-15-29(33)27-17-19-35(36)22(3)16-18-32(4)28(21-26)30(25)27;1-2;;/h5-15,20-22H,1,16,18H2,2-4H3;1-2H3;1H2;/q-1;;;/b11-6-,23-10+,34-31?;;;. The van der Waals surface area contributed by atoms with Gasteiger partial charge in [-0.1, -0.05) is 125 Å². The first-order valence-electron chi connectivity index (χ1n) is 13.3. The zero-order valence-corrected chi connectivity index (χ0v) is 29.8. The number of rotatable bonds is 5. The largest absolute Gasteiger partial charge is 0.745 e. The summed E-state index contributed by atoms with van der Waals surface area (Å²) in [5.41, 5.74) is 8.79. The van der Waals surface area contributed by atoms with Crippen molar-refractivity contribution in [3.8, 4) is 11.6 Å². The first-order chi connectivity index (χ1) is 18.4. The van der Waals surface area contributed by atoms with Crippen LogP contribution >= 0.6 is 20.6 Å². The molecule has 0 aromatic heterocycles. The Bertz CT molecular complexity index is 1440. The Hall–Kier alpha value is -1.76. The van der Waals surface area contributed by atoms with Crippen LogP contribution in [0.15, 0.2) is 96.0 Å². The Morgan fingerprint density at radius 1 is 1.18 bits per heavy atom. The summed E-state index contributed by atoms with van der Waals surface area (Å²) in [6.45, 7) is 14.5. The van der Waals surface area contributed by atoms with Gasteiger partial charge in [-0.2, -0.15) is 20.6 Å². The molecule has 0 spiro atoms. The van der Waals surface area contributed by atoms with Gasteiger partial charge < -0.3 is 12.2 Å².